The van der Waals surface area contributed by atoms with Gasteiger partial charge in [-0.3, -0.25) is 4.68 Å². The average molecular weight is 434 g/mol. The number of nitrogens with zero attached hydrogens (tertiary/aromatic N) is 3. The Balaban J connectivity index is 1.83. The highest BCUT2D eigenvalue weighted by Crippen LogP contribution is 2.38. The van der Waals surface area contributed by atoms with Gasteiger partial charge in [0.2, 0.25) is 0 Å². The van der Waals surface area contributed by atoms with Crippen molar-refractivity contribution in [1.29, 1.82) is 0 Å². The largest absolute Gasteiger partial charge is 0.456 e. The normalized spacial score (nSPS) is 13.7. The molecule has 0 aliphatic heterocycles. The van der Waals surface area contributed by atoms with Gasteiger partial charge in [-0.1, -0.05) is 17.7 Å². The van der Waals surface area contributed by atoms with Crippen LogP contribution in [0, 0.1) is 0 Å². The van der Waals surface area contributed by atoms with E-state index in [1.807, 2.05) is 36.8 Å². The molecule has 3 N–H and O–H groups in total. The molecule has 29 heavy (non-hydrogen) atoms. The summed E-state index contributed by atoms with van der Waals surface area (Å²) in [5, 5.41) is 10.2. The van der Waals surface area contributed by atoms with Gasteiger partial charge in [0.1, 0.15) is 22.6 Å². The Labute approximate surface area is 176 Å². The lowest BCUT2D eigenvalue weighted by Gasteiger charge is -2.11. The van der Waals surface area contributed by atoms with Crippen molar-refractivity contribution in [2.45, 2.75) is 32.1 Å². The first-order chi connectivity index (χ1) is 13.9. The van der Waals surface area contributed by atoms with E-state index in [2.05, 4.69) is 15.4 Å². The predicted molar refractivity (Wildman–Crippen MR) is 115 cm³/mol. The maximum Gasteiger partial charge on any atom is 0.176 e. The zero-order valence-electron chi connectivity index (χ0n) is 16.0. The van der Waals surface area contributed by atoms with E-state index in [0.29, 0.717) is 39.8 Å². The number of rotatable bonds is 7. The average Bonchev–Trinajstić information content (AvgIpc) is 3.39. The summed E-state index contributed by atoms with van der Waals surface area (Å²) < 4.78 is 21.6. The van der Waals surface area contributed by atoms with E-state index in [1.165, 1.54) is 11.8 Å². The first kappa shape index (κ1) is 19.9. The fraction of sp³-hybridized carbons (Fsp3) is 0.300. The summed E-state index contributed by atoms with van der Waals surface area (Å²) >= 11 is 7.97. The second-order valence-electron chi connectivity index (χ2n) is 6.92. The molecule has 6 nitrogen and oxygen atoms in total. The lowest BCUT2D eigenvalue weighted by molar-refractivity contribution is 0.296. The maximum atomic E-state index is 13.8. The molecule has 0 saturated heterocycles. The Morgan fingerprint density at radius 2 is 2.24 bits per heavy atom. The van der Waals surface area contributed by atoms with Crippen LogP contribution in [0.4, 0.5) is 10.1 Å². The number of fused-ring (bicyclic) bond motifs is 1. The summed E-state index contributed by atoms with van der Waals surface area (Å²) in [6.45, 7) is 2.07. The second kappa shape index (κ2) is 8.14. The summed E-state index contributed by atoms with van der Waals surface area (Å²) in [5.41, 5.74) is 9.22. The van der Waals surface area contributed by atoms with Crippen molar-refractivity contribution in [1.82, 2.24) is 14.8 Å². The third-order valence-electron chi connectivity index (χ3n) is 4.70. The van der Waals surface area contributed by atoms with Crippen molar-refractivity contribution in [2.75, 3.05) is 5.32 Å². The number of alkyl halides is 1. The zero-order chi connectivity index (χ0) is 20.5. The first-order valence-electron chi connectivity index (χ1n) is 9.20. The molecule has 0 amide bonds. The number of thiophene rings is 1. The van der Waals surface area contributed by atoms with E-state index >= 15 is 0 Å². The summed E-state index contributed by atoms with van der Waals surface area (Å²) in [4.78, 5) is 5.67. The van der Waals surface area contributed by atoms with Crippen molar-refractivity contribution in [3.63, 3.8) is 0 Å². The van der Waals surface area contributed by atoms with Crippen LogP contribution in [0.2, 0.25) is 5.15 Å². The molecule has 0 radical (unpaired) electrons. The molecule has 4 heterocycles. The number of anilines is 1. The summed E-state index contributed by atoms with van der Waals surface area (Å²) in [5.74, 6) is 0.546. The molecule has 0 fully saturated rings. The highest BCUT2D eigenvalue weighted by molar-refractivity contribution is 7.09. The molecule has 0 saturated carbocycles. The fourth-order valence-electron chi connectivity index (χ4n) is 3.14. The molecule has 2 atom stereocenters. The molecule has 4 aromatic heterocycles. The summed E-state index contributed by atoms with van der Waals surface area (Å²) in [6, 6.07) is 6.94. The van der Waals surface area contributed by atoms with Crippen LogP contribution in [0.3, 0.4) is 0 Å². The molecule has 9 heteroatoms. The van der Waals surface area contributed by atoms with E-state index < -0.39 is 12.2 Å². The van der Waals surface area contributed by atoms with Crippen molar-refractivity contribution in [2.24, 2.45) is 12.8 Å². The smallest absolute Gasteiger partial charge is 0.176 e. The quantitative estimate of drug-likeness (QED) is 0.410. The van der Waals surface area contributed by atoms with Gasteiger partial charge in [0, 0.05) is 43.2 Å². The van der Waals surface area contributed by atoms with Crippen LogP contribution in [0.15, 0.2) is 40.3 Å². The van der Waals surface area contributed by atoms with Gasteiger partial charge in [0.25, 0.3) is 0 Å². The number of aromatic nitrogens is 3. The monoisotopic (exact) mass is 433 g/mol. The maximum absolute atomic E-state index is 13.8. The number of pyridine rings is 1. The molecule has 0 aromatic carbocycles. The number of hydrogen-bond donors (Lipinski definition) is 2. The van der Waals surface area contributed by atoms with Gasteiger partial charge in [-0.05, 0) is 24.4 Å². The van der Waals surface area contributed by atoms with Gasteiger partial charge in [0.15, 0.2) is 5.58 Å². The highest BCUT2D eigenvalue weighted by atomic mass is 35.5. The van der Waals surface area contributed by atoms with Gasteiger partial charge in [-0.15, -0.1) is 11.3 Å². The highest BCUT2D eigenvalue weighted by Gasteiger charge is 2.25. The molecule has 0 bridgehead atoms. The van der Waals surface area contributed by atoms with Crippen LogP contribution >= 0.6 is 22.9 Å². The fourth-order valence-corrected chi connectivity index (χ4v) is 3.98. The molecular formula is C20H21ClFN5OS. The zero-order valence-corrected chi connectivity index (χ0v) is 17.6. The SMILES string of the molecule is C[C@H](F)[C@H](N)Cc1oc2c(NCc3cccs3)cc(Cl)nc2c1-c1ccn(C)n1. The third-order valence-corrected chi connectivity index (χ3v) is 5.77. The third kappa shape index (κ3) is 4.14. The molecule has 0 spiro atoms. The van der Waals surface area contributed by atoms with Crippen LogP contribution in [-0.2, 0) is 20.0 Å². The van der Waals surface area contributed by atoms with E-state index in [1.54, 1.807) is 22.1 Å². The van der Waals surface area contributed by atoms with Crippen molar-refractivity contribution < 1.29 is 8.81 Å². The minimum absolute atomic E-state index is 0.224. The molecule has 0 unspecified atom stereocenters. The van der Waals surface area contributed by atoms with E-state index in [-0.39, 0.29) is 6.42 Å². The molecular weight excluding hydrogens is 413 g/mol. The van der Waals surface area contributed by atoms with Crippen LogP contribution in [0.25, 0.3) is 22.4 Å². The summed E-state index contributed by atoms with van der Waals surface area (Å²) in [7, 11) is 1.83. The van der Waals surface area contributed by atoms with Crippen molar-refractivity contribution in [3.05, 3.63) is 51.6 Å². The number of furan rings is 1. The topological polar surface area (TPSA) is 81.9 Å². The number of nitrogens with one attached hydrogen (secondary N) is 1. The van der Waals surface area contributed by atoms with Crippen LogP contribution in [0.5, 0.6) is 0 Å². The predicted octanol–water partition coefficient (Wildman–Crippen LogP) is 4.78. The minimum atomic E-state index is -1.17. The lowest BCUT2D eigenvalue weighted by Crippen LogP contribution is -2.31. The number of hydrogen-bond acceptors (Lipinski definition) is 6. The van der Waals surface area contributed by atoms with Crippen LogP contribution < -0.4 is 11.1 Å². The molecule has 152 valence electrons. The molecule has 0 aliphatic rings. The number of halogens is 2. The van der Waals surface area contributed by atoms with Crippen molar-refractivity contribution >= 4 is 39.7 Å². The van der Waals surface area contributed by atoms with E-state index in [4.69, 9.17) is 21.8 Å². The Kier molecular flexibility index (Phi) is 5.58. The van der Waals surface area contributed by atoms with E-state index in [9.17, 15) is 4.39 Å². The molecule has 4 rings (SSSR count). The summed E-state index contributed by atoms with van der Waals surface area (Å²) in [6.07, 6.45) is 0.880. The standard InChI is InChI=1S/C20H21ClFN5OS/c1-11(22)13(23)8-16-18(14-5-6-27(2)26-14)19-20(28-16)15(9-17(21)25-19)24-10-12-4-3-7-29-12/h3-7,9,11,13H,8,10,23H2,1-2H3,(H,24,25)/t11-,13+/m0/s1. The van der Waals surface area contributed by atoms with E-state index in [0.717, 1.165) is 5.69 Å². The lowest BCUT2D eigenvalue weighted by atomic mass is 10.0. The first-order valence-corrected chi connectivity index (χ1v) is 10.5. The molecule has 4 aromatic rings. The van der Waals surface area contributed by atoms with Gasteiger partial charge in [0.05, 0.1) is 16.9 Å². The van der Waals surface area contributed by atoms with Gasteiger partial charge < -0.3 is 15.5 Å². The Morgan fingerprint density at radius 1 is 1.41 bits per heavy atom. The Bertz CT molecular complexity index is 1120. The Hall–Kier alpha value is -2.42. The Morgan fingerprint density at radius 3 is 2.90 bits per heavy atom. The number of nitrogens with two attached hydrogens (primary N) is 1. The van der Waals surface area contributed by atoms with Gasteiger partial charge in [-0.25, -0.2) is 9.37 Å². The minimum Gasteiger partial charge on any atom is -0.456 e. The van der Waals surface area contributed by atoms with Gasteiger partial charge >= 0.3 is 0 Å². The molecule has 0 aliphatic carbocycles. The van der Waals surface area contributed by atoms with Crippen LogP contribution in [-0.4, -0.2) is 27.0 Å². The van der Waals surface area contributed by atoms with Crippen LogP contribution in [0.1, 0.15) is 17.6 Å². The van der Waals surface area contributed by atoms with Gasteiger partial charge in [-0.2, -0.15) is 5.10 Å². The van der Waals surface area contributed by atoms with Crippen molar-refractivity contribution in [3.8, 4) is 11.3 Å². The number of aryl methyl sites for hydroxylation is 1. The second-order valence-corrected chi connectivity index (χ2v) is 8.34.